The van der Waals surface area contributed by atoms with E-state index < -0.39 is 17.3 Å². The minimum Gasteiger partial charge on any atom is -0.509 e. The number of hydrogen-bond donors (Lipinski definition) is 1. The summed E-state index contributed by atoms with van der Waals surface area (Å²) in [7, 11) is 1.22. The minimum absolute atomic E-state index is 0.130. The molecule has 1 aliphatic carbocycles. The number of aliphatic hydroxyl groups excluding tert-OH is 1. The highest BCUT2D eigenvalue weighted by atomic mass is 16.5. The van der Waals surface area contributed by atoms with E-state index in [1.165, 1.54) is 7.11 Å². The predicted molar refractivity (Wildman–Crippen MR) is 76.0 cm³/mol. The second kappa shape index (κ2) is 4.76. The Morgan fingerprint density at radius 1 is 1.43 bits per heavy atom. The van der Waals surface area contributed by atoms with E-state index in [-0.39, 0.29) is 11.3 Å². The molecule has 0 unspecified atom stereocenters. The van der Waals surface area contributed by atoms with Crippen LogP contribution in [0.3, 0.4) is 0 Å². The Hall–Kier alpha value is -2.04. The van der Waals surface area contributed by atoms with E-state index in [2.05, 4.69) is 6.92 Å². The van der Waals surface area contributed by atoms with Crippen LogP contribution in [0.4, 0.5) is 0 Å². The molecule has 0 atom stereocenters. The van der Waals surface area contributed by atoms with Gasteiger partial charge in [0.1, 0.15) is 16.9 Å². The molecule has 1 aliphatic heterocycles. The first kappa shape index (κ1) is 13.9. The first-order chi connectivity index (χ1) is 10.0. The molecule has 2 aliphatic rings. The zero-order valence-electron chi connectivity index (χ0n) is 12.3. The highest BCUT2D eigenvalue weighted by Gasteiger charge is 2.48. The number of fused-ring (bicyclic) bond motifs is 2. The van der Waals surface area contributed by atoms with Crippen molar-refractivity contribution in [1.82, 2.24) is 4.57 Å². The third-order valence-corrected chi connectivity index (χ3v) is 4.84. The lowest BCUT2D eigenvalue weighted by Gasteiger charge is -2.43. The van der Waals surface area contributed by atoms with Gasteiger partial charge in [0.15, 0.2) is 0 Å². The van der Waals surface area contributed by atoms with Gasteiger partial charge in [-0.25, -0.2) is 4.79 Å². The van der Waals surface area contributed by atoms with Crippen LogP contribution in [0.5, 0.6) is 0 Å². The fourth-order valence-electron chi connectivity index (χ4n) is 3.53. The smallest absolute Gasteiger partial charge is 0.345 e. The molecule has 5 nitrogen and oxygen atoms in total. The summed E-state index contributed by atoms with van der Waals surface area (Å²) < 4.78 is 6.53. The fraction of sp³-hybridized carbons (Fsp3) is 0.500. The molecule has 3 rings (SSSR count). The molecule has 0 bridgehead atoms. The van der Waals surface area contributed by atoms with E-state index in [4.69, 9.17) is 4.74 Å². The molecule has 1 spiro atoms. The lowest BCUT2D eigenvalue weighted by atomic mass is 9.72. The number of carbonyl (C=O) groups excluding carboxylic acids is 2. The molecule has 1 aromatic heterocycles. The number of rotatable bonds is 1. The zero-order valence-corrected chi connectivity index (χ0v) is 12.3. The van der Waals surface area contributed by atoms with Crippen molar-refractivity contribution >= 4 is 11.8 Å². The third kappa shape index (κ3) is 1.83. The maximum atomic E-state index is 12.4. The van der Waals surface area contributed by atoms with Gasteiger partial charge in [-0.1, -0.05) is 6.92 Å². The first-order valence-electron chi connectivity index (χ1n) is 7.26. The second-order valence-electron chi connectivity index (χ2n) is 6.02. The summed E-state index contributed by atoms with van der Waals surface area (Å²) in [5.41, 5.74) is -0.441. The van der Waals surface area contributed by atoms with Crippen molar-refractivity contribution in [3.8, 4) is 0 Å². The van der Waals surface area contributed by atoms with E-state index >= 15 is 0 Å². The van der Waals surface area contributed by atoms with E-state index in [9.17, 15) is 14.7 Å². The van der Waals surface area contributed by atoms with Gasteiger partial charge in [-0.15, -0.1) is 0 Å². The lowest BCUT2D eigenvalue weighted by molar-refractivity contribution is -0.136. The lowest BCUT2D eigenvalue weighted by Crippen LogP contribution is -2.45. The number of hydrogen-bond acceptors (Lipinski definition) is 4. The van der Waals surface area contributed by atoms with Crippen LogP contribution < -0.4 is 0 Å². The molecule has 1 N–H and O–H groups in total. The third-order valence-electron chi connectivity index (χ3n) is 4.84. The highest BCUT2D eigenvalue weighted by molar-refractivity contribution is 6.24. The van der Waals surface area contributed by atoms with Crippen LogP contribution in [0, 0.1) is 5.92 Å². The molecule has 21 heavy (non-hydrogen) atoms. The molecule has 5 heteroatoms. The molecule has 1 fully saturated rings. The summed E-state index contributed by atoms with van der Waals surface area (Å²) in [6.07, 6.45) is 5.15. The number of Topliss-reactive ketones (excluding diaryl/α,β-unsaturated/α-hetero) is 1. The molecule has 2 heterocycles. The average Bonchev–Trinajstić information content (AvgIpc) is 2.97. The molecule has 1 aromatic rings. The SMILES string of the molecule is COC(=O)C1=C(O)[C@]2(CC[C@@H](C)CC2)n2cccc2C1=O. The van der Waals surface area contributed by atoms with Gasteiger partial charge in [0.25, 0.3) is 0 Å². The minimum atomic E-state index is -0.761. The summed E-state index contributed by atoms with van der Waals surface area (Å²) in [6.45, 7) is 2.18. The van der Waals surface area contributed by atoms with Crippen LogP contribution in [0.2, 0.25) is 0 Å². The number of aliphatic hydroxyl groups is 1. The summed E-state index contributed by atoms with van der Waals surface area (Å²) in [5.74, 6) is -0.770. The molecule has 0 radical (unpaired) electrons. The Kier molecular flexibility index (Phi) is 3.15. The predicted octanol–water partition coefficient (Wildman–Crippen LogP) is 2.57. The van der Waals surface area contributed by atoms with Gasteiger partial charge in [0, 0.05) is 6.20 Å². The van der Waals surface area contributed by atoms with Crippen LogP contribution in [0.1, 0.15) is 43.1 Å². The number of aromatic nitrogens is 1. The summed E-state index contributed by atoms with van der Waals surface area (Å²) >= 11 is 0. The van der Waals surface area contributed by atoms with Gasteiger partial charge in [0.2, 0.25) is 5.78 Å². The molecular formula is C16H19NO4. The van der Waals surface area contributed by atoms with Crippen molar-refractivity contribution in [3.63, 3.8) is 0 Å². The second-order valence-corrected chi connectivity index (χ2v) is 6.02. The van der Waals surface area contributed by atoms with Crippen molar-refractivity contribution in [2.45, 2.75) is 38.1 Å². The maximum Gasteiger partial charge on any atom is 0.345 e. The molecule has 112 valence electrons. The molecule has 0 aromatic carbocycles. The Morgan fingerprint density at radius 3 is 2.71 bits per heavy atom. The van der Waals surface area contributed by atoms with Crippen molar-refractivity contribution in [1.29, 1.82) is 0 Å². The quantitative estimate of drug-likeness (QED) is 0.637. The number of nitrogens with zero attached hydrogens (tertiary/aromatic N) is 1. The molecule has 0 amide bonds. The monoisotopic (exact) mass is 289 g/mol. The molecule has 0 saturated heterocycles. The molecule has 1 saturated carbocycles. The van der Waals surface area contributed by atoms with Crippen molar-refractivity contribution < 1.29 is 19.4 Å². The van der Waals surface area contributed by atoms with E-state index in [1.54, 1.807) is 12.1 Å². The Labute approximate surface area is 123 Å². The summed E-state index contributed by atoms with van der Waals surface area (Å²) in [6, 6.07) is 3.47. The number of methoxy groups -OCH3 is 1. The van der Waals surface area contributed by atoms with Gasteiger partial charge in [-0.05, 0) is 43.7 Å². The summed E-state index contributed by atoms with van der Waals surface area (Å²) in [5, 5.41) is 10.7. The Bertz CT molecular complexity index is 632. The van der Waals surface area contributed by atoms with Gasteiger partial charge < -0.3 is 14.4 Å². The van der Waals surface area contributed by atoms with Gasteiger partial charge in [-0.2, -0.15) is 0 Å². The largest absolute Gasteiger partial charge is 0.509 e. The van der Waals surface area contributed by atoms with Crippen molar-refractivity contribution in [3.05, 3.63) is 35.4 Å². The number of esters is 1. The Morgan fingerprint density at radius 2 is 2.10 bits per heavy atom. The fourth-order valence-corrected chi connectivity index (χ4v) is 3.53. The summed E-state index contributed by atoms with van der Waals surface area (Å²) in [4.78, 5) is 24.4. The number of allylic oxidation sites excluding steroid dienone is 1. The number of carbonyl (C=O) groups is 2. The molecular weight excluding hydrogens is 270 g/mol. The van der Waals surface area contributed by atoms with E-state index in [1.807, 2.05) is 10.8 Å². The van der Waals surface area contributed by atoms with Crippen LogP contribution in [-0.4, -0.2) is 28.5 Å². The van der Waals surface area contributed by atoms with Crippen molar-refractivity contribution in [2.75, 3.05) is 7.11 Å². The Balaban J connectivity index is 2.19. The standard InChI is InChI=1S/C16H19NO4/c1-10-5-7-16(8-6-10)14(19)12(15(20)21-2)13(18)11-4-3-9-17(11)16/h3-4,9-10,19H,5-8H2,1-2H3/t10-,16-. The van der Waals surface area contributed by atoms with E-state index in [0.717, 1.165) is 25.7 Å². The number of ketones is 1. The zero-order chi connectivity index (χ0) is 15.2. The van der Waals surface area contributed by atoms with Crippen LogP contribution >= 0.6 is 0 Å². The average molecular weight is 289 g/mol. The topological polar surface area (TPSA) is 68.5 Å². The van der Waals surface area contributed by atoms with Crippen LogP contribution in [-0.2, 0) is 15.1 Å². The van der Waals surface area contributed by atoms with Gasteiger partial charge >= 0.3 is 5.97 Å². The number of ether oxygens (including phenoxy) is 1. The van der Waals surface area contributed by atoms with E-state index in [0.29, 0.717) is 11.6 Å². The van der Waals surface area contributed by atoms with Crippen LogP contribution in [0.25, 0.3) is 0 Å². The van der Waals surface area contributed by atoms with Gasteiger partial charge in [0.05, 0.1) is 12.8 Å². The first-order valence-corrected chi connectivity index (χ1v) is 7.26. The highest BCUT2D eigenvalue weighted by Crippen LogP contribution is 2.46. The van der Waals surface area contributed by atoms with Crippen LogP contribution in [0.15, 0.2) is 29.7 Å². The normalized spacial score (nSPS) is 28.7. The van der Waals surface area contributed by atoms with Crippen molar-refractivity contribution in [2.24, 2.45) is 5.92 Å². The van der Waals surface area contributed by atoms with Gasteiger partial charge in [-0.3, -0.25) is 4.79 Å². The maximum absolute atomic E-state index is 12.4.